The van der Waals surface area contributed by atoms with E-state index in [-0.39, 0.29) is 12.2 Å². The van der Waals surface area contributed by atoms with E-state index in [4.69, 9.17) is 16.3 Å². The maximum absolute atomic E-state index is 5.81. The SMILES string of the molecule is CC(C)OC(CBr)c1ccc(Cl)cc1. The lowest BCUT2D eigenvalue weighted by molar-refractivity contribution is 0.0214. The molecule has 0 radical (unpaired) electrons. The minimum absolute atomic E-state index is 0.104. The molecule has 0 aromatic heterocycles. The first-order valence-corrected chi connectivity index (χ1v) is 6.10. The molecular formula is C11H14BrClO. The number of ether oxygens (including phenoxy) is 1. The zero-order chi connectivity index (χ0) is 10.6. The maximum Gasteiger partial charge on any atom is 0.0925 e. The molecule has 0 saturated heterocycles. The van der Waals surface area contributed by atoms with Crippen molar-refractivity contribution in [1.29, 1.82) is 0 Å². The molecule has 1 aromatic rings. The van der Waals surface area contributed by atoms with Crippen LogP contribution in [0.1, 0.15) is 25.5 Å². The molecule has 0 heterocycles. The van der Waals surface area contributed by atoms with Gasteiger partial charge in [-0.25, -0.2) is 0 Å². The van der Waals surface area contributed by atoms with Crippen LogP contribution in [0.2, 0.25) is 5.02 Å². The maximum atomic E-state index is 5.81. The molecule has 14 heavy (non-hydrogen) atoms. The number of alkyl halides is 1. The largest absolute Gasteiger partial charge is 0.370 e. The van der Waals surface area contributed by atoms with Gasteiger partial charge in [-0.15, -0.1) is 0 Å². The molecule has 1 unspecified atom stereocenters. The first-order valence-electron chi connectivity index (χ1n) is 4.60. The number of rotatable bonds is 4. The summed E-state index contributed by atoms with van der Waals surface area (Å²) in [5.41, 5.74) is 1.15. The summed E-state index contributed by atoms with van der Waals surface area (Å²) in [5.74, 6) is 0. The first-order chi connectivity index (χ1) is 6.63. The summed E-state index contributed by atoms with van der Waals surface area (Å²) in [4.78, 5) is 0. The van der Waals surface area contributed by atoms with Crippen molar-refractivity contribution in [3.8, 4) is 0 Å². The van der Waals surface area contributed by atoms with Crippen molar-refractivity contribution in [2.45, 2.75) is 26.1 Å². The average molecular weight is 278 g/mol. The van der Waals surface area contributed by atoms with Crippen molar-refractivity contribution >= 4 is 27.5 Å². The van der Waals surface area contributed by atoms with Crippen LogP contribution in [0.3, 0.4) is 0 Å². The normalized spacial score (nSPS) is 13.2. The van der Waals surface area contributed by atoms with Gasteiger partial charge in [0.05, 0.1) is 12.2 Å². The summed E-state index contributed by atoms with van der Waals surface area (Å²) in [7, 11) is 0. The summed E-state index contributed by atoms with van der Waals surface area (Å²) < 4.78 is 5.74. The molecule has 0 amide bonds. The molecule has 0 aliphatic carbocycles. The summed E-state index contributed by atoms with van der Waals surface area (Å²) >= 11 is 9.25. The molecule has 0 N–H and O–H groups in total. The van der Waals surface area contributed by atoms with Crippen molar-refractivity contribution in [1.82, 2.24) is 0 Å². The Morgan fingerprint density at radius 1 is 1.29 bits per heavy atom. The van der Waals surface area contributed by atoms with Crippen LogP contribution in [-0.2, 0) is 4.74 Å². The van der Waals surface area contributed by atoms with Crippen LogP contribution in [0, 0.1) is 0 Å². The topological polar surface area (TPSA) is 9.23 Å². The molecule has 0 aliphatic heterocycles. The van der Waals surface area contributed by atoms with Crippen molar-refractivity contribution < 1.29 is 4.74 Å². The molecule has 1 aromatic carbocycles. The van der Waals surface area contributed by atoms with Crippen LogP contribution >= 0.6 is 27.5 Å². The van der Waals surface area contributed by atoms with Crippen LogP contribution in [0.15, 0.2) is 24.3 Å². The predicted molar refractivity (Wildman–Crippen MR) is 64.2 cm³/mol. The molecule has 1 rings (SSSR count). The second-order valence-corrected chi connectivity index (χ2v) is 4.46. The zero-order valence-corrected chi connectivity index (χ0v) is 10.7. The molecular weight excluding hydrogens is 263 g/mol. The molecule has 78 valence electrons. The van der Waals surface area contributed by atoms with Gasteiger partial charge in [-0.05, 0) is 31.5 Å². The van der Waals surface area contributed by atoms with E-state index < -0.39 is 0 Å². The molecule has 0 spiro atoms. The highest BCUT2D eigenvalue weighted by molar-refractivity contribution is 9.09. The summed E-state index contributed by atoms with van der Waals surface area (Å²) in [6.07, 6.45) is 0.334. The second-order valence-electron chi connectivity index (χ2n) is 3.38. The third-order valence-electron chi connectivity index (χ3n) is 1.82. The van der Waals surface area contributed by atoms with Crippen LogP contribution in [-0.4, -0.2) is 11.4 Å². The number of halogens is 2. The summed E-state index contributed by atoms with van der Waals surface area (Å²) in [6.45, 7) is 4.07. The second kappa shape index (κ2) is 5.74. The molecule has 0 aliphatic rings. The van der Waals surface area contributed by atoms with Crippen LogP contribution < -0.4 is 0 Å². The highest BCUT2D eigenvalue weighted by Gasteiger charge is 2.11. The summed E-state index contributed by atoms with van der Waals surface area (Å²) in [5, 5.41) is 1.55. The van der Waals surface area contributed by atoms with E-state index in [0.717, 1.165) is 15.9 Å². The monoisotopic (exact) mass is 276 g/mol. The Balaban J connectivity index is 2.73. The number of hydrogen-bond acceptors (Lipinski definition) is 1. The van der Waals surface area contributed by atoms with Crippen LogP contribution in [0.4, 0.5) is 0 Å². The Hall–Kier alpha value is -0.0500. The Kier molecular flexibility index (Phi) is 4.93. The van der Waals surface area contributed by atoms with Crippen molar-refractivity contribution in [3.63, 3.8) is 0 Å². The Bertz CT molecular complexity index is 271. The molecule has 1 nitrogen and oxygen atoms in total. The summed E-state index contributed by atoms with van der Waals surface area (Å²) in [6, 6.07) is 7.76. The smallest absolute Gasteiger partial charge is 0.0925 e. The first kappa shape index (κ1) is 12.0. The minimum atomic E-state index is 0.104. The fraction of sp³-hybridized carbons (Fsp3) is 0.455. The molecule has 1 atom stereocenters. The average Bonchev–Trinajstić information content (AvgIpc) is 2.15. The Morgan fingerprint density at radius 3 is 2.29 bits per heavy atom. The lowest BCUT2D eigenvalue weighted by Gasteiger charge is -2.18. The van der Waals surface area contributed by atoms with Gasteiger partial charge in [0.2, 0.25) is 0 Å². The number of hydrogen-bond donors (Lipinski definition) is 0. The van der Waals surface area contributed by atoms with Gasteiger partial charge in [0, 0.05) is 10.4 Å². The van der Waals surface area contributed by atoms with Gasteiger partial charge in [0.1, 0.15) is 0 Å². The fourth-order valence-corrected chi connectivity index (χ4v) is 1.86. The van der Waals surface area contributed by atoms with E-state index in [2.05, 4.69) is 15.9 Å². The van der Waals surface area contributed by atoms with E-state index in [1.807, 2.05) is 38.1 Å². The lowest BCUT2D eigenvalue weighted by atomic mass is 10.1. The van der Waals surface area contributed by atoms with Gasteiger partial charge in [-0.3, -0.25) is 0 Å². The van der Waals surface area contributed by atoms with E-state index in [9.17, 15) is 0 Å². The van der Waals surface area contributed by atoms with E-state index in [1.54, 1.807) is 0 Å². The quantitative estimate of drug-likeness (QED) is 0.750. The van der Waals surface area contributed by atoms with Gasteiger partial charge >= 0.3 is 0 Å². The van der Waals surface area contributed by atoms with Gasteiger partial charge in [0.25, 0.3) is 0 Å². The Morgan fingerprint density at radius 2 is 1.86 bits per heavy atom. The van der Waals surface area contributed by atoms with Crippen molar-refractivity contribution in [2.24, 2.45) is 0 Å². The lowest BCUT2D eigenvalue weighted by Crippen LogP contribution is -2.11. The van der Waals surface area contributed by atoms with Crippen molar-refractivity contribution in [3.05, 3.63) is 34.9 Å². The number of benzene rings is 1. The van der Waals surface area contributed by atoms with Gasteiger partial charge < -0.3 is 4.74 Å². The molecule has 0 saturated carbocycles. The predicted octanol–water partition coefficient (Wildman–Crippen LogP) is 4.20. The van der Waals surface area contributed by atoms with E-state index in [1.165, 1.54) is 0 Å². The van der Waals surface area contributed by atoms with Crippen molar-refractivity contribution in [2.75, 3.05) is 5.33 Å². The van der Waals surface area contributed by atoms with Crippen LogP contribution in [0.25, 0.3) is 0 Å². The van der Waals surface area contributed by atoms with Crippen LogP contribution in [0.5, 0.6) is 0 Å². The third kappa shape index (κ3) is 3.60. The Labute approximate surface area is 98.5 Å². The third-order valence-corrected chi connectivity index (χ3v) is 2.66. The molecule has 0 bridgehead atoms. The fourth-order valence-electron chi connectivity index (χ4n) is 1.21. The standard InChI is InChI=1S/C11H14BrClO/c1-8(2)14-11(7-12)9-3-5-10(13)6-4-9/h3-6,8,11H,7H2,1-2H3. The van der Waals surface area contributed by atoms with Gasteiger partial charge in [-0.1, -0.05) is 39.7 Å². The minimum Gasteiger partial charge on any atom is -0.370 e. The molecule has 3 heteroatoms. The highest BCUT2D eigenvalue weighted by atomic mass is 79.9. The molecule has 0 fully saturated rings. The van der Waals surface area contributed by atoms with Gasteiger partial charge in [-0.2, -0.15) is 0 Å². The van der Waals surface area contributed by atoms with E-state index >= 15 is 0 Å². The van der Waals surface area contributed by atoms with E-state index in [0.29, 0.717) is 0 Å². The highest BCUT2D eigenvalue weighted by Crippen LogP contribution is 2.22. The van der Waals surface area contributed by atoms with Gasteiger partial charge in [0.15, 0.2) is 0 Å². The zero-order valence-electron chi connectivity index (χ0n) is 8.34.